The Labute approximate surface area is 137 Å². The fourth-order valence-electron chi connectivity index (χ4n) is 3.12. The molecule has 0 aliphatic heterocycles. The minimum absolute atomic E-state index is 0.348. The minimum Gasteiger partial charge on any atom is -0.423 e. The van der Waals surface area contributed by atoms with Crippen LogP contribution in [-0.2, 0) is 4.79 Å². The monoisotopic (exact) mass is 306 g/mol. The van der Waals surface area contributed by atoms with E-state index < -0.39 is 0 Å². The Balaban J connectivity index is 1.57. The van der Waals surface area contributed by atoms with Crippen LogP contribution in [0.4, 0.5) is 0 Å². The summed E-state index contributed by atoms with van der Waals surface area (Å²) in [5.41, 5.74) is 2.35. The molecule has 2 heteroatoms. The molecule has 0 amide bonds. The van der Waals surface area contributed by atoms with Gasteiger partial charge in [0.2, 0.25) is 0 Å². The van der Waals surface area contributed by atoms with E-state index in [0.717, 1.165) is 5.56 Å². The normalized spacial score (nSPS) is 15.7. The molecule has 118 valence electrons. The maximum Gasteiger partial charge on any atom is 0.336 e. The Morgan fingerprint density at radius 2 is 1.61 bits per heavy atom. The van der Waals surface area contributed by atoms with Gasteiger partial charge in [0.1, 0.15) is 5.75 Å². The van der Waals surface area contributed by atoms with Crippen LogP contribution in [-0.4, -0.2) is 5.97 Å². The molecule has 0 radical (unpaired) electrons. The van der Waals surface area contributed by atoms with Crippen LogP contribution >= 0.6 is 0 Å². The fraction of sp³-hybridized carbons (Fsp3) is 0.286. The molecule has 2 aromatic rings. The van der Waals surface area contributed by atoms with E-state index in [1.54, 1.807) is 6.08 Å². The van der Waals surface area contributed by atoms with Gasteiger partial charge < -0.3 is 4.74 Å². The van der Waals surface area contributed by atoms with Crippen molar-refractivity contribution in [3.05, 3.63) is 71.8 Å². The SMILES string of the molecule is O=C(/C=C/c1ccccc1)Oc1ccc(C2CCCCC2)cc1. The van der Waals surface area contributed by atoms with Gasteiger partial charge in [0.15, 0.2) is 0 Å². The van der Waals surface area contributed by atoms with Gasteiger partial charge in [-0.3, -0.25) is 0 Å². The summed E-state index contributed by atoms with van der Waals surface area (Å²) in [6.07, 6.45) is 9.79. The Kier molecular flexibility index (Phi) is 5.25. The number of hydrogen-bond donors (Lipinski definition) is 0. The molecular formula is C21H22O2. The molecule has 0 unspecified atom stereocenters. The Bertz CT molecular complexity index is 650. The van der Waals surface area contributed by atoms with Crippen LogP contribution in [0, 0.1) is 0 Å². The van der Waals surface area contributed by atoms with Crippen LogP contribution in [0.3, 0.4) is 0 Å². The molecule has 0 spiro atoms. The summed E-state index contributed by atoms with van der Waals surface area (Å²) in [5.74, 6) is 0.929. The second kappa shape index (κ2) is 7.77. The number of esters is 1. The number of rotatable bonds is 4. The highest BCUT2D eigenvalue weighted by Gasteiger charge is 2.15. The zero-order chi connectivity index (χ0) is 15.9. The summed E-state index contributed by atoms with van der Waals surface area (Å²) < 4.78 is 5.35. The van der Waals surface area contributed by atoms with Gasteiger partial charge in [-0.05, 0) is 48.1 Å². The minimum atomic E-state index is -0.348. The number of hydrogen-bond acceptors (Lipinski definition) is 2. The first-order chi connectivity index (χ1) is 11.3. The number of carbonyl (C=O) groups excluding carboxylic acids is 1. The predicted molar refractivity (Wildman–Crippen MR) is 93.4 cm³/mol. The zero-order valence-electron chi connectivity index (χ0n) is 13.3. The van der Waals surface area contributed by atoms with Crippen LogP contribution < -0.4 is 4.74 Å². The molecule has 2 aromatic carbocycles. The van der Waals surface area contributed by atoms with E-state index in [1.165, 1.54) is 43.7 Å². The van der Waals surface area contributed by atoms with Crippen LogP contribution in [0.25, 0.3) is 6.08 Å². The molecule has 0 aromatic heterocycles. The van der Waals surface area contributed by atoms with Gasteiger partial charge in [-0.2, -0.15) is 0 Å². The highest BCUT2D eigenvalue weighted by Crippen LogP contribution is 2.33. The molecule has 1 aliphatic rings. The number of benzene rings is 2. The van der Waals surface area contributed by atoms with E-state index in [-0.39, 0.29) is 5.97 Å². The average molecular weight is 306 g/mol. The molecule has 2 nitrogen and oxygen atoms in total. The van der Waals surface area contributed by atoms with Crippen molar-refractivity contribution in [1.82, 2.24) is 0 Å². The van der Waals surface area contributed by atoms with Crippen LogP contribution in [0.5, 0.6) is 5.75 Å². The van der Waals surface area contributed by atoms with Crippen molar-refractivity contribution in [2.75, 3.05) is 0 Å². The third-order valence-electron chi connectivity index (χ3n) is 4.39. The second-order valence-electron chi connectivity index (χ2n) is 6.07. The lowest BCUT2D eigenvalue weighted by molar-refractivity contribution is -0.128. The van der Waals surface area contributed by atoms with E-state index in [9.17, 15) is 4.79 Å². The van der Waals surface area contributed by atoms with E-state index in [2.05, 4.69) is 12.1 Å². The summed E-state index contributed by atoms with van der Waals surface area (Å²) in [5, 5.41) is 0. The molecular weight excluding hydrogens is 284 g/mol. The molecule has 0 heterocycles. The first-order valence-corrected chi connectivity index (χ1v) is 8.36. The highest BCUT2D eigenvalue weighted by molar-refractivity contribution is 5.88. The molecule has 3 rings (SSSR count). The maximum atomic E-state index is 11.9. The van der Waals surface area contributed by atoms with E-state index in [0.29, 0.717) is 11.7 Å². The van der Waals surface area contributed by atoms with Crippen molar-refractivity contribution in [1.29, 1.82) is 0 Å². The first-order valence-electron chi connectivity index (χ1n) is 8.36. The quantitative estimate of drug-likeness (QED) is 0.432. The van der Waals surface area contributed by atoms with Gasteiger partial charge in [0.05, 0.1) is 0 Å². The highest BCUT2D eigenvalue weighted by atomic mass is 16.5. The summed E-state index contributed by atoms with van der Waals surface area (Å²) in [4.78, 5) is 11.9. The number of carbonyl (C=O) groups is 1. The Hall–Kier alpha value is -2.35. The van der Waals surface area contributed by atoms with Crippen molar-refractivity contribution in [3.63, 3.8) is 0 Å². The van der Waals surface area contributed by atoms with Gasteiger partial charge in [0.25, 0.3) is 0 Å². The second-order valence-corrected chi connectivity index (χ2v) is 6.07. The number of ether oxygens (including phenoxy) is 1. The summed E-state index contributed by atoms with van der Waals surface area (Å²) in [7, 11) is 0. The van der Waals surface area contributed by atoms with Gasteiger partial charge in [-0.15, -0.1) is 0 Å². The lowest BCUT2D eigenvalue weighted by Crippen LogP contribution is -2.06. The van der Waals surface area contributed by atoms with Gasteiger partial charge in [0, 0.05) is 6.08 Å². The zero-order valence-corrected chi connectivity index (χ0v) is 13.3. The third-order valence-corrected chi connectivity index (χ3v) is 4.39. The molecule has 23 heavy (non-hydrogen) atoms. The van der Waals surface area contributed by atoms with Crippen molar-refractivity contribution in [2.45, 2.75) is 38.0 Å². The Morgan fingerprint density at radius 3 is 2.30 bits per heavy atom. The maximum absolute atomic E-state index is 11.9. The smallest absolute Gasteiger partial charge is 0.336 e. The van der Waals surface area contributed by atoms with Crippen LogP contribution in [0.15, 0.2) is 60.7 Å². The lowest BCUT2D eigenvalue weighted by Gasteiger charge is -2.21. The summed E-state index contributed by atoms with van der Waals surface area (Å²) in [6, 6.07) is 17.7. The van der Waals surface area contributed by atoms with E-state index in [1.807, 2.05) is 42.5 Å². The van der Waals surface area contributed by atoms with Gasteiger partial charge >= 0.3 is 5.97 Å². The fourth-order valence-corrected chi connectivity index (χ4v) is 3.12. The third kappa shape index (κ3) is 4.56. The summed E-state index contributed by atoms with van der Waals surface area (Å²) >= 11 is 0. The molecule has 1 fully saturated rings. The molecule has 1 saturated carbocycles. The van der Waals surface area contributed by atoms with Crippen molar-refractivity contribution in [2.24, 2.45) is 0 Å². The van der Waals surface area contributed by atoms with Crippen molar-refractivity contribution in [3.8, 4) is 5.75 Å². The molecule has 0 N–H and O–H groups in total. The molecule has 0 bridgehead atoms. The van der Waals surface area contributed by atoms with Gasteiger partial charge in [-0.1, -0.05) is 61.7 Å². The first kappa shape index (κ1) is 15.5. The average Bonchev–Trinajstić information content (AvgIpc) is 2.62. The molecule has 0 atom stereocenters. The van der Waals surface area contributed by atoms with Crippen LogP contribution in [0.2, 0.25) is 0 Å². The van der Waals surface area contributed by atoms with Crippen molar-refractivity contribution >= 4 is 12.0 Å². The van der Waals surface area contributed by atoms with E-state index >= 15 is 0 Å². The van der Waals surface area contributed by atoms with E-state index in [4.69, 9.17) is 4.74 Å². The molecule has 0 saturated heterocycles. The van der Waals surface area contributed by atoms with Crippen molar-refractivity contribution < 1.29 is 9.53 Å². The summed E-state index contributed by atoms with van der Waals surface area (Å²) in [6.45, 7) is 0. The largest absolute Gasteiger partial charge is 0.423 e. The topological polar surface area (TPSA) is 26.3 Å². The van der Waals surface area contributed by atoms with Gasteiger partial charge in [-0.25, -0.2) is 4.79 Å². The van der Waals surface area contributed by atoms with Crippen LogP contribution in [0.1, 0.15) is 49.1 Å². The lowest BCUT2D eigenvalue weighted by atomic mass is 9.84. The standard InChI is InChI=1S/C21H22O2/c22-21(16-11-17-7-3-1-4-8-17)23-20-14-12-19(13-15-20)18-9-5-2-6-10-18/h1,3-4,7-8,11-16,18H,2,5-6,9-10H2/b16-11+. The predicted octanol–water partition coefficient (Wildman–Crippen LogP) is 5.35. The molecule has 1 aliphatic carbocycles. The Morgan fingerprint density at radius 1 is 0.913 bits per heavy atom.